The normalized spacial score (nSPS) is 17.8. The predicted molar refractivity (Wildman–Crippen MR) is 220 cm³/mol. The Morgan fingerprint density at radius 3 is 1.81 bits per heavy atom. The average Bonchev–Trinajstić information content (AvgIpc) is 3.16. The van der Waals surface area contributed by atoms with Gasteiger partial charge in [-0.05, 0) is 132 Å². The van der Waals surface area contributed by atoms with Gasteiger partial charge in [-0.3, -0.25) is 4.79 Å². The van der Waals surface area contributed by atoms with Gasteiger partial charge >= 0.3 is 7.60 Å². The summed E-state index contributed by atoms with van der Waals surface area (Å²) >= 11 is 0. The zero-order valence-electron chi connectivity index (χ0n) is 32.9. The van der Waals surface area contributed by atoms with Crippen LogP contribution in [0.25, 0.3) is 0 Å². The Bertz CT molecular complexity index is 1770. The lowest BCUT2D eigenvalue weighted by Gasteiger charge is -2.51. The number of amides is 1. The first-order chi connectivity index (χ1) is 25.8. The largest absolute Gasteiger partial charge is 0.462 e. The number of allylic oxidation sites excluding steroid dienone is 2. The van der Waals surface area contributed by atoms with Crippen molar-refractivity contribution in [1.29, 1.82) is 0 Å². The number of piperidine rings is 1. The third-order valence-corrected chi connectivity index (χ3v) is 12.6. The Balaban J connectivity index is 1.22. The number of hydrogen-bond acceptors (Lipinski definition) is 6. The van der Waals surface area contributed by atoms with Crippen molar-refractivity contribution in [3.05, 3.63) is 139 Å². The van der Waals surface area contributed by atoms with Gasteiger partial charge in [0.2, 0.25) is 5.91 Å². The second-order valence-corrected chi connectivity index (χ2v) is 18.0. The van der Waals surface area contributed by atoms with E-state index in [-0.39, 0.29) is 17.9 Å². The van der Waals surface area contributed by atoms with Crippen LogP contribution in [0, 0.1) is 5.92 Å². The fourth-order valence-corrected chi connectivity index (χ4v) is 9.40. The first-order valence-corrected chi connectivity index (χ1v) is 21.0. The fourth-order valence-electron chi connectivity index (χ4n) is 7.84. The van der Waals surface area contributed by atoms with Crippen molar-refractivity contribution in [3.63, 3.8) is 0 Å². The van der Waals surface area contributed by atoms with Crippen LogP contribution in [0.15, 0.2) is 127 Å². The molecular formula is C46H59N2O5P. The second-order valence-electron chi connectivity index (χ2n) is 16.1. The van der Waals surface area contributed by atoms with Gasteiger partial charge in [0.25, 0.3) is 0 Å². The Kier molecular flexibility index (Phi) is 14.0. The van der Waals surface area contributed by atoms with E-state index < -0.39 is 18.7 Å². The van der Waals surface area contributed by atoms with Crippen molar-refractivity contribution < 1.29 is 23.6 Å². The van der Waals surface area contributed by atoms with Gasteiger partial charge in [0.15, 0.2) is 0 Å². The molecule has 0 radical (unpaired) electrons. The molecule has 4 aromatic carbocycles. The molecule has 0 saturated carbocycles. The number of rotatable bonds is 17. The molecule has 288 valence electrons. The summed E-state index contributed by atoms with van der Waals surface area (Å²) in [5, 5.41) is 15.9. The first kappa shape index (κ1) is 41.0. The number of carbonyl (C=O) groups excluding carboxylic acids is 1. The van der Waals surface area contributed by atoms with Gasteiger partial charge in [-0.1, -0.05) is 105 Å². The number of nitrogens with one attached hydrogen (secondary N) is 1. The van der Waals surface area contributed by atoms with Crippen molar-refractivity contribution in [1.82, 2.24) is 10.4 Å². The molecule has 1 fully saturated rings. The van der Waals surface area contributed by atoms with Crippen molar-refractivity contribution in [3.8, 4) is 11.5 Å². The number of para-hydroxylation sites is 2. The third-order valence-electron chi connectivity index (χ3n) is 10.7. The van der Waals surface area contributed by atoms with E-state index in [1.54, 1.807) is 24.3 Å². The van der Waals surface area contributed by atoms with E-state index in [1.807, 2.05) is 83.1 Å². The van der Waals surface area contributed by atoms with E-state index in [1.165, 1.54) is 16.2 Å². The van der Waals surface area contributed by atoms with E-state index >= 15 is 0 Å². The average molecular weight is 751 g/mol. The van der Waals surface area contributed by atoms with Crippen LogP contribution in [-0.2, 0) is 9.36 Å². The molecule has 5 rings (SSSR count). The van der Waals surface area contributed by atoms with Gasteiger partial charge in [-0.2, -0.15) is 5.06 Å². The fraction of sp³-hybridized carbons (Fsp3) is 0.413. The molecule has 0 spiro atoms. The minimum Gasteiger partial charge on any atom is -0.413 e. The Labute approximate surface area is 323 Å². The zero-order valence-corrected chi connectivity index (χ0v) is 33.8. The lowest BCUT2D eigenvalue weighted by molar-refractivity contribution is -0.246. The topological polar surface area (TPSA) is 88.1 Å². The van der Waals surface area contributed by atoms with Gasteiger partial charge < -0.3 is 19.6 Å². The number of nitrogens with zero attached hydrogens (tertiary/aromatic N) is 1. The van der Waals surface area contributed by atoms with Crippen LogP contribution < -0.4 is 19.7 Å². The zero-order chi connectivity index (χ0) is 38.8. The van der Waals surface area contributed by atoms with Gasteiger partial charge in [0.05, 0.1) is 5.30 Å². The summed E-state index contributed by atoms with van der Waals surface area (Å²) in [7, 11) is -3.75. The van der Waals surface area contributed by atoms with Gasteiger partial charge in [0.1, 0.15) is 11.5 Å². The molecule has 8 heteroatoms. The van der Waals surface area contributed by atoms with Crippen molar-refractivity contribution >= 4 is 18.8 Å². The summed E-state index contributed by atoms with van der Waals surface area (Å²) in [6, 6.07) is 36.9. The second kappa shape index (κ2) is 18.4. The van der Waals surface area contributed by atoms with Crippen LogP contribution in [0.2, 0.25) is 0 Å². The molecule has 3 unspecified atom stereocenters. The minimum atomic E-state index is -3.75. The third kappa shape index (κ3) is 11.0. The molecule has 4 aromatic rings. The molecule has 2 N–H and O–H groups in total. The van der Waals surface area contributed by atoms with E-state index in [0.717, 1.165) is 32.1 Å². The maximum Gasteiger partial charge on any atom is 0.462 e. The number of hydroxylamine groups is 2. The SMILES string of the molecule is CCC(CC(C/C=C/CCC(C)C(=O)NC1CC(C)(C)N(O)C(C)(C)C1)c1ccccc1)c1ccc(P(=O)(Oc2ccccc2)Oc2ccccc2)cc1. The number of carbonyl (C=O) groups is 1. The highest BCUT2D eigenvalue weighted by Gasteiger charge is 2.45. The molecule has 1 saturated heterocycles. The summed E-state index contributed by atoms with van der Waals surface area (Å²) in [5.41, 5.74) is 1.69. The van der Waals surface area contributed by atoms with Gasteiger partial charge in [0, 0.05) is 23.0 Å². The van der Waals surface area contributed by atoms with Crippen LogP contribution in [0.5, 0.6) is 11.5 Å². The molecular weight excluding hydrogens is 691 g/mol. The molecule has 1 aliphatic heterocycles. The van der Waals surface area contributed by atoms with E-state index in [4.69, 9.17) is 9.05 Å². The van der Waals surface area contributed by atoms with Gasteiger partial charge in [-0.15, -0.1) is 0 Å². The monoisotopic (exact) mass is 750 g/mol. The Morgan fingerprint density at radius 1 is 0.796 bits per heavy atom. The molecule has 3 atom stereocenters. The molecule has 0 bridgehead atoms. The lowest BCUT2D eigenvalue weighted by Crippen LogP contribution is -2.63. The quantitative estimate of drug-likeness (QED) is 0.0825. The molecule has 1 heterocycles. The van der Waals surface area contributed by atoms with Crippen molar-refractivity contribution in [2.24, 2.45) is 5.92 Å². The summed E-state index contributed by atoms with van der Waals surface area (Å²) in [5.74, 6) is 1.55. The molecule has 0 aliphatic carbocycles. The number of benzene rings is 4. The van der Waals surface area contributed by atoms with Gasteiger partial charge in [-0.25, -0.2) is 4.57 Å². The summed E-state index contributed by atoms with van der Waals surface area (Å²) < 4.78 is 26.5. The molecule has 54 heavy (non-hydrogen) atoms. The van der Waals surface area contributed by atoms with Crippen molar-refractivity contribution in [2.75, 3.05) is 0 Å². The predicted octanol–water partition coefficient (Wildman–Crippen LogP) is 11.2. The van der Waals surface area contributed by atoms with Crippen molar-refractivity contribution in [2.45, 2.75) is 115 Å². The molecule has 1 amide bonds. The maximum absolute atomic E-state index is 14.4. The highest BCUT2D eigenvalue weighted by Crippen LogP contribution is 2.48. The maximum atomic E-state index is 14.4. The van der Waals surface area contributed by atoms with E-state index in [2.05, 4.69) is 66.9 Å². The van der Waals surface area contributed by atoms with E-state index in [9.17, 15) is 14.6 Å². The van der Waals surface area contributed by atoms with Crippen LogP contribution in [0.4, 0.5) is 0 Å². The van der Waals surface area contributed by atoms with Crippen LogP contribution in [-0.4, -0.2) is 33.3 Å². The van der Waals surface area contributed by atoms with Crippen LogP contribution in [0.1, 0.15) is 109 Å². The van der Waals surface area contributed by atoms with E-state index in [0.29, 0.717) is 41.5 Å². The smallest absolute Gasteiger partial charge is 0.413 e. The number of hydrogen-bond donors (Lipinski definition) is 2. The lowest BCUT2D eigenvalue weighted by atomic mass is 9.79. The molecule has 1 aliphatic rings. The Hall–Kier alpha value is -4.16. The summed E-state index contributed by atoms with van der Waals surface area (Å²) in [6.45, 7) is 12.3. The minimum absolute atomic E-state index is 0.0352. The molecule has 7 nitrogen and oxygen atoms in total. The van der Waals surface area contributed by atoms with Crippen LogP contribution >= 0.6 is 7.60 Å². The highest BCUT2D eigenvalue weighted by molar-refractivity contribution is 7.63. The summed E-state index contributed by atoms with van der Waals surface area (Å²) in [6.07, 6.45) is 10.3. The molecule has 0 aromatic heterocycles. The Morgan fingerprint density at radius 2 is 1.30 bits per heavy atom. The standard InChI is InChI=1S/C46H59N2O5P/c1-7-36(38-28-30-43(31-29-38)54(51,52-41-24-16-10-17-25-41)53-42-26-18-11-19-27-42)32-39(37-21-13-9-14-22-37)23-15-8-12-20-35(2)44(49)47-40-33-45(3,4)48(50)46(5,6)34-40/h8-11,13-19,21-22,24-31,35-36,39-40,50H,7,12,20,23,32-34H2,1-6H3,(H,47,49)/b15-8+. The van der Waals surface area contributed by atoms with Crippen LogP contribution in [0.3, 0.4) is 0 Å². The summed E-state index contributed by atoms with van der Waals surface area (Å²) in [4.78, 5) is 13.2. The first-order valence-electron chi connectivity index (χ1n) is 19.5. The highest BCUT2D eigenvalue weighted by atomic mass is 31.2.